The van der Waals surface area contributed by atoms with Gasteiger partial charge in [-0.05, 0) is 144 Å². The van der Waals surface area contributed by atoms with Gasteiger partial charge in [-0.2, -0.15) is 52.7 Å². The second-order valence-corrected chi connectivity index (χ2v) is 21.0. The van der Waals surface area contributed by atoms with Crippen LogP contribution in [0.1, 0.15) is 106 Å². The van der Waals surface area contributed by atoms with Crippen LogP contribution in [0.25, 0.3) is 0 Å². The third-order valence-electron chi connectivity index (χ3n) is 12.1. The van der Waals surface area contributed by atoms with Crippen molar-refractivity contribution in [3.8, 4) is 11.5 Å². The lowest BCUT2D eigenvalue weighted by Gasteiger charge is -2.28. The van der Waals surface area contributed by atoms with Crippen molar-refractivity contribution < 1.29 is 110 Å². The maximum atomic E-state index is 13.3. The van der Waals surface area contributed by atoms with Gasteiger partial charge in [0.15, 0.2) is 0 Å². The van der Waals surface area contributed by atoms with E-state index in [9.17, 15) is 81.5 Å². The minimum absolute atomic E-state index is 0.104. The molecule has 28 heteroatoms. The molecule has 0 saturated carbocycles. The fourth-order valence-corrected chi connectivity index (χ4v) is 8.42. The van der Waals surface area contributed by atoms with Gasteiger partial charge in [-0.25, -0.2) is 9.59 Å². The molecule has 0 fully saturated rings. The first-order valence-electron chi connectivity index (χ1n) is 25.7. The summed E-state index contributed by atoms with van der Waals surface area (Å²) >= 11 is 0. The Morgan fingerprint density at radius 3 is 1.21 bits per heavy atom. The van der Waals surface area contributed by atoms with E-state index in [4.69, 9.17) is 28.8 Å². The van der Waals surface area contributed by atoms with Gasteiger partial charge in [0.05, 0.1) is 41.7 Å². The van der Waals surface area contributed by atoms with Crippen molar-refractivity contribution in [3.63, 3.8) is 0 Å². The first-order valence-corrected chi connectivity index (χ1v) is 25.7. The molecule has 4 aromatic rings. The van der Waals surface area contributed by atoms with E-state index in [1.807, 2.05) is 0 Å². The molecular formula is C56H60F12N4O12. The van der Waals surface area contributed by atoms with Crippen LogP contribution >= 0.6 is 0 Å². The summed E-state index contributed by atoms with van der Waals surface area (Å²) in [7, 11) is 0. The average Bonchev–Trinajstić information content (AvgIpc) is 3.88. The van der Waals surface area contributed by atoms with Crippen LogP contribution < -0.4 is 19.3 Å². The molecule has 2 aliphatic heterocycles. The van der Waals surface area contributed by atoms with Gasteiger partial charge in [-0.15, -0.1) is 0 Å². The molecule has 6 rings (SSSR count). The number of carbonyl (C=O) groups excluding carboxylic acids is 5. The van der Waals surface area contributed by atoms with E-state index in [1.54, 1.807) is 72.7 Å². The summed E-state index contributed by atoms with van der Waals surface area (Å²) in [5.41, 5.74) is -6.74. The van der Waals surface area contributed by atoms with Crippen LogP contribution in [0.5, 0.6) is 11.5 Å². The van der Waals surface area contributed by atoms with E-state index in [1.165, 1.54) is 21.9 Å². The summed E-state index contributed by atoms with van der Waals surface area (Å²) in [6.07, 6.45) is -22.1. The number of esters is 1. The Morgan fingerprint density at radius 1 is 0.512 bits per heavy atom. The number of fused-ring (bicyclic) bond motifs is 2. The maximum absolute atomic E-state index is 13.3. The van der Waals surface area contributed by atoms with E-state index in [-0.39, 0.29) is 68.4 Å². The molecule has 0 bridgehead atoms. The number of nitrogens with zero attached hydrogens (tertiary/aromatic N) is 4. The summed E-state index contributed by atoms with van der Waals surface area (Å²) in [6, 6.07) is 12.6. The molecule has 460 valence electrons. The summed E-state index contributed by atoms with van der Waals surface area (Å²) < 4.78 is 184. The first kappa shape index (κ1) is 66.9. The fraction of sp³-hybridized carbons (Fsp3) is 0.464. The Kier molecular flexibility index (Phi) is 21.3. The molecule has 0 aliphatic carbocycles. The van der Waals surface area contributed by atoms with Crippen LogP contribution in [0.3, 0.4) is 0 Å². The van der Waals surface area contributed by atoms with Crippen molar-refractivity contribution in [2.75, 3.05) is 55.7 Å². The molecule has 0 radical (unpaired) electrons. The van der Waals surface area contributed by atoms with Gasteiger partial charge >= 0.3 is 48.8 Å². The number of halogens is 12. The lowest BCUT2D eigenvalue weighted by Crippen LogP contribution is -2.45. The summed E-state index contributed by atoms with van der Waals surface area (Å²) in [5.74, 6) is -2.15. The van der Waals surface area contributed by atoms with Crippen molar-refractivity contribution in [2.45, 2.75) is 123 Å². The van der Waals surface area contributed by atoms with Crippen LogP contribution in [0.15, 0.2) is 72.8 Å². The van der Waals surface area contributed by atoms with Crippen molar-refractivity contribution in [3.05, 3.63) is 117 Å². The molecule has 4 amide bonds. The Labute approximate surface area is 474 Å². The molecule has 0 spiro atoms. The average molecular weight is 1210 g/mol. The zero-order valence-electron chi connectivity index (χ0n) is 46.4. The standard InChI is InChI=1S/C29H32F6N2O6.C27H28F6N2O6/c1-5-41-25(39)11-12-36(26(40)43-27(2,3)4)16-24(38)37-13-10-19-15-20(7-9-23(19)37)42-17-18-6-8-21(28(30,31)32)22(14-18)29(33,34)35;1-25(2,3)41-24(39)34(10-9-23(37)38)14-22(36)35-11-8-17-13-18(5-7-21(17)35)40-15-16-4-6-19(26(28,29)30)20(12-16)27(31,32)33/h6-9,14-15H,5,10-13,16-17H2,1-4H3;4-7,12-13H,8-11,14-15H2,1-3H3,(H,37,38). The number of carboxylic acid groups (broad SMARTS) is 1. The highest BCUT2D eigenvalue weighted by Crippen LogP contribution is 2.43. The minimum Gasteiger partial charge on any atom is -0.489 e. The van der Waals surface area contributed by atoms with Crippen LogP contribution in [0.4, 0.5) is 73.6 Å². The summed E-state index contributed by atoms with van der Waals surface area (Å²) in [4.78, 5) is 79.5. The number of rotatable bonds is 17. The molecular weight excluding hydrogens is 1150 g/mol. The highest BCUT2D eigenvalue weighted by atomic mass is 19.4. The van der Waals surface area contributed by atoms with Gasteiger partial charge in [0, 0.05) is 37.6 Å². The molecule has 16 nitrogen and oxygen atoms in total. The number of carboxylic acids is 1. The monoisotopic (exact) mass is 1210 g/mol. The predicted octanol–water partition coefficient (Wildman–Crippen LogP) is 12.3. The van der Waals surface area contributed by atoms with Gasteiger partial charge < -0.3 is 38.6 Å². The number of hydrogen-bond acceptors (Lipinski definition) is 11. The topological polar surface area (TPSA) is 182 Å². The summed E-state index contributed by atoms with van der Waals surface area (Å²) in [6.45, 7) is 10.2. The van der Waals surface area contributed by atoms with Crippen molar-refractivity contribution >= 4 is 47.3 Å². The largest absolute Gasteiger partial charge is 0.489 e. The Morgan fingerprint density at radius 2 is 0.881 bits per heavy atom. The third-order valence-corrected chi connectivity index (χ3v) is 12.1. The molecule has 2 heterocycles. The molecule has 0 saturated heterocycles. The zero-order chi connectivity index (χ0) is 62.9. The zero-order valence-corrected chi connectivity index (χ0v) is 46.4. The van der Waals surface area contributed by atoms with E-state index in [2.05, 4.69) is 0 Å². The Hall–Kier alpha value is -7.94. The summed E-state index contributed by atoms with van der Waals surface area (Å²) in [5, 5.41) is 9.01. The molecule has 0 aromatic heterocycles. The Balaban J connectivity index is 0.000000308. The normalized spacial score (nSPS) is 13.5. The van der Waals surface area contributed by atoms with Crippen molar-refractivity contribution in [1.82, 2.24) is 9.80 Å². The van der Waals surface area contributed by atoms with Gasteiger partial charge in [-0.1, -0.05) is 12.1 Å². The molecule has 1 N–H and O–H groups in total. The van der Waals surface area contributed by atoms with Crippen LogP contribution in [-0.4, -0.2) is 108 Å². The number of carbonyl (C=O) groups is 6. The number of anilines is 2. The molecule has 0 unspecified atom stereocenters. The first-order chi connectivity index (χ1) is 38.7. The van der Waals surface area contributed by atoms with Crippen molar-refractivity contribution in [1.29, 1.82) is 0 Å². The molecule has 2 aliphatic rings. The number of aliphatic carboxylic acids is 1. The molecule has 4 aromatic carbocycles. The van der Waals surface area contributed by atoms with Crippen molar-refractivity contribution in [2.24, 2.45) is 0 Å². The van der Waals surface area contributed by atoms with E-state index in [0.29, 0.717) is 59.6 Å². The van der Waals surface area contributed by atoms with Crippen LogP contribution in [0.2, 0.25) is 0 Å². The number of alkyl halides is 12. The van der Waals surface area contributed by atoms with E-state index >= 15 is 0 Å². The lowest BCUT2D eigenvalue weighted by molar-refractivity contribution is -0.162. The highest BCUT2D eigenvalue weighted by molar-refractivity contribution is 5.99. The van der Waals surface area contributed by atoms with Crippen LogP contribution in [-0.2, 0) is 84.1 Å². The van der Waals surface area contributed by atoms with Gasteiger partial charge in [-0.3, -0.25) is 29.0 Å². The van der Waals surface area contributed by atoms with Gasteiger partial charge in [0.1, 0.15) is 49.0 Å². The number of hydrogen-bond donors (Lipinski definition) is 1. The lowest BCUT2D eigenvalue weighted by atomic mass is 10.0. The third kappa shape index (κ3) is 19.3. The second kappa shape index (κ2) is 26.7. The number of benzene rings is 4. The number of ether oxygens (including phenoxy) is 5. The second-order valence-electron chi connectivity index (χ2n) is 21.0. The number of amides is 4. The quantitative estimate of drug-likeness (QED) is 0.0601. The van der Waals surface area contributed by atoms with E-state index in [0.717, 1.165) is 21.9 Å². The predicted molar refractivity (Wildman–Crippen MR) is 276 cm³/mol. The smallest absolute Gasteiger partial charge is 0.417 e. The molecule has 84 heavy (non-hydrogen) atoms. The fourth-order valence-electron chi connectivity index (χ4n) is 8.42. The van der Waals surface area contributed by atoms with Gasteiger partial charge in [0.25, 0.3) is 0 Å². The van der Waals surface area contributed by atoms with Gasteiger partial charge in [0.2, 0.25) is 11.8 Å². The highest BCUT2D eigenvalue weighted by Gasteiger charge is 2.45. The SMILES string of the molecule is CC(C)(C)OC(=O)N(CCC(=O)O)CC(=O)N1CCc2cc(OCc3ccc(C(F)(F)F)c(C(F)(F)F)c3)ccc21.CCOC(=O)CCN(CC(=O)N1CCc2cc(OCc3ccc(C(F)(F)F)c(C(F)(F)F)c3)ccc21)C(=O)OC(C)(C)C. The maximum Gasteiger partial charge on any atom is 0.417 e. The molecule has 0 atom stereocenters. The van der Waals surface area contributed by atoms with E-state index < -0.39 is 120 Å². The minimum atomic E-state index is -5.21. The Bertz CT molecular complexity index is 3040. The van der Waals surface area contributed by atoms with Crippen LogP contribution in [0, 0.1) is 0 Å².